The minimum Gasteiger partial charge on any atom is -0.478 e. The summed E-state index contributed by atoms with van der Waals surface area (Å²) in [7, 11) is 0. The van der Waals surface area contributed by atoms with E-state index in [0.29, 0.717) is 21.8 Å². The number of nitro benzene ring substituents is 1. The van der Waals surface area contributed by atoms with Crippen molar-refractivity contribution in [2.45, 2.75) is 4.90 Å². The number of anilines is 1. The molecule has 0 atom stereocenters. The molecule has 4 aromatic rings. The fourth-order valence-electron chi connectivity index (χ4n) is 3.95. The monoisotopic (exact) mass is 584 g/mol. The van der Waals surface area contributed by atoms with E-state index in [-0.39, 0.29) is 33.0 Å². The number of carbonyl (C=O) groups is 3. The highest BCUT2D eigenvalue weighted by atomic mass is 32.2. The van der Waals surface area contributed by atoms with Crippen molar-refractivity contribution in [1.82, 2.24) is 5.32 Å². The maximum Gasteiger partial charge on any atom is 0.335 e. The Morgan fingerprint density at radius 3 is 2.61 bits per heavy atom. The zero-order chi connectivity index (χ0) is 28.9. The van der Waals surface area contributed by atoms with Crippen molar-refractivity contribution in [2.24, 2.45) is 4.99 Å². The number of nitrogens with one attached hydrogen (secondary N) is 2. The van der Waals surface area contributed by atoms with Gasteiger partial charge in [-0.1, -0.05) is 42.5 Å². The van der Waals surface area contributed by atoms with Gasteiger partial charge in [0, 0.05) is 11.8 Å². The normalized spacial score (nSPS) is 14.8. The zero-order valence-electron chi connectivity index (χ0n) is 21.1. The Kier molecular flexibility index (Phi) is 8.13. The summed E-state index contributed by atoms with van der Waals surface area (Å²) in [5.74, 6) is -1.86. The molecule has 10 nitrogen and oxygen atoms in total. The minimum atomic E-state index is -1.09. The topological polar surface area (TPSA) is 151 Å². The molecular weight excluding hydrogens is 564 g/mol. The van der Waals surface area contributed by atoms with Gasteiger partial charge in [0.25, 0.3) is 11.6 Å². The lowest BCUT2D eigenvalue weighted by Gasteiger charge is -2.07. The van der Waals surface area contributed by atoms with Gasteiger partial charge >= 0.3 is 5.97 Å². The standard InChI is InChI=1S/C29H20N4O6S2/c34-26(30-22-10-9-18-4-1-2-5-19(18)14-22)16-40-24-11-8-17(12-23(24)33(38)39)13-25-27(35)32-29(41-25)31-21-7-3-6-20(15-21)28(36)37/h1-15H,16H2,(H,30,34)(H,36,37)(H,31,32,35)/b25-13-. The summed E-state index contributed by atoms with van der Waals surface area (Å²) >= 11 is 2.08. The van der Waals surface area contributed by atoms with Gasteiger partial charge in [0.1, 0.15) is 0 Å². The predicted octanol–water partition coefficient (Wildman–Crippen LogP) is 6.07. The molecule has 1 aliphatic heterocycles. The highest BCUT2D eigenvalue weighted by molar-refractivity contribution is 8.18. The molecule has 41 heavy (non-hydrogen) atoms. The molecule has 5 rings (SSSR count). The Morgan fingerprint density at radius 2 is 1.83 bits per heavy atom. The molecule has 0 bridgehead atoms. The molecule has 1 aliphatic rings. The summed E-state index contributed by atoms with van der Waals surface area (Å²) in [6.07, 6.45) is 1.50. The second-order valence-corrected chi connectivity index (χ2v) is 10.8. The van der Waals surface area contributed by atoms with E-state index in [9.17, 15) is 24.5 Å². The lowest BCUT2D eigenvalue weighted by molar-refractivity contribution is -0.387. The van der Waals surface area contributed by atoms with Gasteiger partial charge in [0.15, 0.2) is 5.17 Å². The van der Waals surface area contributed by atoms with Crippen LogP contribution >= 0.6 is 23.5 Å². The molecule has 0 aliphatic carbocycles. The summed E-state index contributed by atoms with van der Waals surface area (Å²) < 4.78 is 0. The molecule has 1 fully saturated rings. The number of amidine groups is 1. The first-order chi connectivity index (χ1) is 19.7. The number of benzene rings is 4. The van der Waals surface area contributed by atoms with Crippen LogP contribution < -0.4 is 10.6 Å². The van der Waals surface area contributed by atoms with Gasteiger partial charge in [0.2, 0.25) is 5.91 Å². The number of nitro groups is 1. The number of amides is 2. The van der Waals surface area contributed by atoms with Crippen LogP contribution in [0, 0.1) is 10.1 Å². The molecule has 0 radical (unpaired) electrons. The Labute approximate surface area is 241 Å². The van der Waals surface area contributed by atoms with Crippen molar-refractivity contribution >= 4 is 80.4 Å². The quantitative estimate of drug-likeness (QED) is 0.0977. The summed E-state index contributed by atoms with van der Waals surface area (Å²) in [5, 5.41) is 28.7. The summed E-state index contributed by atoms with van der Waals surface area (Å²) in [4.78, 5) is 52.3. The average Bonchev–Trinajstić information content (AvgIpc) is 3.30. The first-order valence-electron chi connectivity index (χ1n) is 12.1. The van der Waals surface area contributed by atoms with E-state index in [0.717, 1.165) is 34.3 Å². The number of hydrogen-bond donors (Lipinski definition) is 3. The number of thioether (sulfide) groups is 2. The van der Waals surface area contributed by atoms with Crippen LogP contribution in [0.2, 0.25) is 0 Å². The van der Waals surface area contributed by atoms with Crippen molar-refractivity contribution in [3.05, 3.63) is 111 Å². The molecule has 0 spiro atoms. The molecule has 204 valence electrons. The van der Waals surface area contributed by atoms with Crippen molar-refractivity contribution in [2.75, 3.05) is 11.1 Å². The van der Waals surface area contributed by atoms with E-state index in [2.05, 4.69) is 15.6 Å². The van der Waals surface area contributed by atoms with E-state index in [1.54, 1.807) is 30.3 Å². The maximum absolute atomic E-state index is 12.6. The predicted molar refractivity (Wildman–Crippen MR) is 161 cm³/mol. The van der Waals surface area contributed by atoms with Crippen LogP contribution in [0.3, 0.4) is 0 Å². The van der Waals surface area contributed by atoms with Crippen molar-refractivity contribution in [3.63, 3.8) is 0 Å². The highest BCUT2D eigenvalue weighted by Crippen LogP contribution is 2.33. The van der Waals surface area contributed by atoms with Gasteiger partial charge in [-0.2, -0.15) is 0 Å². The van der Waals surface area contributed by atoms with Crippen LogP contribution in [0.25, 0.3) is 16.8 Å². The first kappa shape index (κ1) is 27.6. The number of fused-ring (bicyclic) bond motifs is 1. The van der Waals surface area contributed by atoms with Crippen LogP contribution in [0.1, 0.15) is 15.9 Å². The summed E-state index contributed by atoms with van der Waals surface area (Å²) in [6, 6.07) is 23.8. The molecule has 1 saturated heterocycles. The third-order valence-corrected chi connectivity index (χ3v) is 7.82. The van der Waals surface area contributed by atoms with E-state index >= 15 is 0 Å². The van der Waals surface area contributed by atoms with Crippen LogP contribution in [-0.4, -0.2) is 38.7 Å². The maximum atomic E-state index is 12.6. The van der Waals surface area contributed by atoms with Gasteiger partial charge in [-0.25, -0.2) is 9.79 Å². The minimum absolute atomic E-state index is 0.0325. The number of carbonyl (C=O) groups excluding carboxylic acids is 2. The zero-order valence-corrected chi connectivity index (χ0v) is 22.7. The average molecular weight is 585 g/mol. The fraction of sp³-hybridized carbons (Fsp3) is 0.0345. The molecule has 1 heterocycles. The number of carboxylic acids is 1. The van der Waals surface area contributed by atoms with Gasteiger partial charge in [0.05, 0.1) is 31.7 Å². The van der Waals surface area contributed by atoms with E-state index in [1.807, 2.05) is 36.4 Å². The molecular formula is C29H20N4O6S2. The number of rotatable bonds is 8. The van der Waals surface area contributed by atoms with Crippen LogP contribution in [0.5, 0.6) is 0 Å². The third-order valence-electron chi connectivity index (χ3n) is 5.84. The first-order valence-corrected chi connectivity index (χ1v) is 13.9. The number of aliphatic imine (C=N–C) groups is 1. The van der Waals surface area contributed by atoms with Crippen LogP contribution in [0.15, 0.2) is 99.7 Å². The van der Waals surface area contributed by atoms with E-state index < -0.39 is 16.8 Å². The smallest absolute Gasteiger partial charge is 0.335 e. The number of nitrogens with zero attached hydrogens (tertiary/aromatic N) is 2. The fourth-order valence-corrected chi connectivity index (χ4v) is 5.60. The second kappa shape index (κ2) is 12.1. The molecule has 3 N–H and O–H groups in total. The summed E-state index contributed by atoms with van der Waals surface area (Å²) in [6.45, 7) is 0. The van der Waals surface area contributed by atoms with Crippen molar-refractivity contribution in [1.29, 1.82) is 0 Å². The Morgan fingerprint density at radius 1 is 1.02 bits per heavy atom. The van der Waals surface area contributed by atoms with Crippen LogP contribution in [0.4, 0.5) is 17.1 Å². The van der Waals surface area contributed by atoms with Gasteiger partial charge in [-0.05, 0) is 70.6 Å². The van der Waals surface area contributed by atoms with Gasteiger partial charge < -0.3 is 15.7 Å². The molecule has 0 aromatic heterocycles. The second-order valence-electron chi connectivity index (χ2n) is 8.72. The van der Waals surface area contributed by atoms with Crippen molar-refractivity contribution < 1.29 is 24.4 Å². The Balaban J connectivity index is 1.27. The molecule has 0 unspecified atom stereocenters. The lowest BCUT2D eigenvalue weighted by atomic mass is 10.1. The van der Waals surface area contributed by atoms with Crippen molar-refractivity contribution in [3.8, 4) is 0 Å². The number of carboxylic acid groups (broad SMARTS) is 1. The third kappa shape index (κ3) is 6.80. The molecule has 2 amide bonds. The largest absolute Gasteiger partial charge is 0.478 e. The lowest BCUT2D eigenvalue weighted by Crippen LogP contribution is -2.19. The molecule has 12 heteroatoms. The van der Waals surface area contributed by atoms with Gasteiger partial charge in [-0.15, -0.1) is 11.8 Å². The van der Waals surface area contributed by atoms with Gasteiger partial charge in [-0.3, -0.25) is 19.7 Å². The van der Waals surface area contributed by atoms with Crippen LogP contribution in [-0.2, 0) is 9.59 Å². The van der Waals surface area contributed by atoms with E-state index in [4.69, 9.17) is 5.11 Å². The SMILES string of the molecule is O=C(CSc1ccc(/C=C2\SC(=Nc3cccc(C(=O)O)c3)NC2=O)cc1[N+](=O)[O-])Nc1ccc2ccccc2c1. The highest BCUT2D eigenvalue weighted by Gasteiger charge is 2.25. The number of hydrogen-bond acceptors (Lipinski definition) is 8. The Bertz CT molecular complexity index is 1790. The molecule has 4 aromatic carbocycles. The summed E-state index contributed by atoms with van der Waals surface area (Å²) in [5.41, 5.74) is 1.29. The number of aromatic carboxylic acids is 1. The van der Waals surface area contributed by atoms with E-state index in [1.165, 1.54) is 24.3 Å². The molecule has 0 saturated carbocycles. The Hall–Kier alpha value is -4.94.